The van der Waals surface area contributed by atoms with E-state index in [-0.39, 0.29) is 5.91 Å². The Morgan fingerprint density at radius 3 is 2.67 bits per heavy atom. The van der Waals surface area contributed by atoms with Gasteiger partial charge < -0.3 is 11.5 Å². The van der Waals surface area contributed by atoms with Crippen molar-refractivity contribution in [2.45, 2.75) is 44.6 Å². The van der Waals surface area contributed by atoms with Gasteiger partial charge in [-0.3, -0.25) is 4.79 Å². The molecule has 1 saturated carbocycles. The van der Waals surface area contributed by atoms with E-state index in [1.54, 1.807) is 0 Å². The standard InChI is InChI=1S/C9H18N2O/c1-7-3-2-5-9(11,6-4-7)8(10)12/h7H,2-6,11H2,1H3,(H2,10,12). The Morgan fingerprint density at radius 1 is 1.42 bits per heavy atom. The highest BCUT2D eigenvalue weighted by Gasteiger charge is 2.33. The Morgan fingerprint density at radius 2 is 2.08 bits per heavy atom. The Kier molecular flexibility index (Phi) is 2.73. The summed E-state index contributed by atoms with van der Waals surface area (Å²) in [4.78, 5) is 11.0. The van der Waals surface area contributed by atoms with E-state index in [0.717, 1.165) is 25.7 Å². The van der Waals surface area contributed by atoms with Crippen molar-refractivity contribution >= 4 is 5.91 Å². The molecule has 1 aliphatic rings. The van der Waals surface area contributed by atoms with Gasteiger partial charge in [0.25, 0.3) is 0 Å². The molecule has 0 aliphatic heterocycles. The van der Waals surface area contributed by atoms with Gasteiger partial charge in [0.2, 0.25) is 5.91 Å². The molecule has 0 aromatic rings. The second-order valence-electron chi connectivity index (χ2n) is 4.06. The van der Waals surface area contributed by atoms with Crippen LogP contribution in [-0.4, -0.2) is 11.4 Å². The molecule has 1 amide bonds. The van der Waals surface area contributed by atoms with Crippen LogP contribution in [0.5, 0.6) is 0 Å². The molecule has 1 fully saturated rings. The van der Waals surface area contributed by atoms with E-state index < -0.39 is 5.54 Å². The molecule has 70 valence electrons. The van der Waals surface area contributed by atoms with Crippen LogP contribution in [-0.2, 0) is 4.79 Å². The monoisotopic (exact) mass is 170 g/mol. The van der Waals surface area contributed by atoms with Gasteiger partial charge in [0.1, 0.15) is 0 Å². The van der Waals surface area contributed by atoms with Gasteiger partial charge in [-0.15, -0.1) is 0 Å². The summed E-state index contributed by atoms with van der Waals surface area (Å²) in [5.41, 5.74) is 10.4. The van der Waals surface area contributed by atoms with E-state index in [2.05, 4.69) is 6.92 Å². The summed E-state index contributed by atoms with van der Waals surface area (Å²) in [5, 5.41) is 0. The van der Waals surface area contributed by atoms with E-state index in [4.69, 9.17) is 11.5 Å². The molecule has 3 nitrogen and oxygen atoms in total. The van der Waals surface area contributed by atoms with Crippen LogP contribution < -0.4 is 11.5 Å². The first-order valence-electron chi connectivity index (χ1n) is 4.63. The number of nitrogens with two attached hydrogens (primary N) is 2. The van der Waals surface area contributed by atoms with Gasteiger partial charge in [-0.05, 0) is 25.2 Å². The molecular weight excluding hydrogens is 152 g/mol. The Hall–Kier alpha value is -0.570. The maximum absolute atomic E-state index is 11.0. The quantitative estimate of drug-likeness (QED) is 0.571. The summed E-state index contributed by atoms with van der Waals surface area (Å²) in [6, 6.07) is 0. The molecule has 12 heavy (non-hydrogen) atoms. The molecule has 0 spiro atoms. The molecule has 2 unspecified atom stereocenters. The maximum Gasteiger partial charge on any atom is 0.237 e. The SMILES string of the molecule is CC1CCCC(N)(C(N)=O)CC1. The van der Waals surface area contributed by atoms with Gasteiger partial charge in [0.15, 0.2) is 0 Å². The number of carbonyl (C=O) groups is 1. The summed E-state index contributed by atoms with van der Waals surface area (Å²) in [7, 11) is 0. The third-order valence-electron chi connectivity index (χ3n) is 2.89. The van der Waals surface area contributed by atoms with E-state index in [0.29, 0.717) is 5.92 Å². The maximum atomic E-state index is 11.0. The van der Waals surface area contributed by atoms with Crippen LogP contribution >= 0.6 is 0 Å². The van der Waals surface area contributed by atoms with Gasteiger partial charge in [0, 0.05) is 0 Å². The fourth-order valence-corrected chi connectivity index (χ4v) is 1.79. The molecule has 0 bridgehead atoms. The second kappa shape index (κ2) is 3.44. The molecular formula is C9H18N2O. The molecule has 0 radical (unpaired) electrons. The summed E-state index contributed by atoms with van der Waals surface area (Å²) in [5.74, 6) is 0.353. The molecule has 1 aliphatic carbocycles. The van der Waals surface area contributed by atoms with E-state index in [1.807, 2.05) is 0 Å². The smallest absolute Gasteiger partial charge is 0.237 e. The predicted octanol–water partition coefficient (Wildman–Crippen LogP) is 0.769. The van der Waals surface area contributed by atoms with Gasteiger partial charge in [-0.1, -0.05) is 19.8 Å². The molecule has 2 atom stereocenters. The fraction of sp³-hybridized carbons (Fsp3) is 0.889. The number of primary amides is 1. The molecule has 0 saturated heterocycles. The average Bonchev–Trinajstić information content (AvgIpc) is 2.15. The normalized spacial score (nSPS) is 37.3. The highest BCUT2D eigenvalue weighted by atomic mass is 16.1. The number of hydrogen-bond donors (Lipinski definition) is 2. The van der Waals surface area contributed by atoms with Crippen molar-refractivity contribution in [3.8, 4) is 0 Å². The van der Waals surface area contributed by atoms with Crippen LogP contribution in [0.25, 0.3) is 0 Å². The highest BCUT2D eigenvalue weighted by Crippen LogP contribution is 2.28. The lowest BCUT2D eigenvalue weighted by Gasteiger charge is -2.23. The van der Waals surface area contributed by atoms with Crippen molar-refractivity contribution in [1.29, 1.82) is 0 Å². The minimum Gasteiger partial charge on any atom is -0.368 e. The van der Waals surface area contributed by atoms with Crippen LogP contribution in [0.15, 0.2) is 0 Å². The Labute approximate surface area is 73.5 Å². The Bertz CT molecular complexity index is 181. The van der Waals surface area contributed by atoms with Gasteiger partial charge in [0.05, 0.1) is 5.54 Å². The molecule has 0 heterocycles. The largest absolute Gasteiger partial charge is 0.368 e. The number of rotatable bonds is 1. The zero-order valence-electron chi connectivity index (χ0n) is 7.68. The van der Waals surface area contributed by atoms with E-state index in [9.17, 15) is 4.79 Å². The molecule has 4 N–H and O–H groups in total. The summed E-state index contributed by atoms with van der Waals surface area (Å²) >= 11 is 0. The van der Waals surface area contributed by atoms with Crippen molar-refractivity contribution in [3.05, 3.63) is 0 Å². The number of hydrogen-bond acceptors (Lipinski definition) is 2. The van der Waals surface area contributed by atoms with Crippen LogP contribution in [0, 0.1) is 5.92 Å². The fourth-order valence-electron chi connectivity index (χ4n) is 1.79. The average molecular weight is 170 g/mol. The highest BCUT2D eigenvalue weighted by molar-refractivity contribution is 5.84. The van der Waals surface area contributed by atoms with Gasteiger partial charge in [-0.2, -0.15) is 0 Å². The second-order valence-corrected chi connectivity index (χ2v) is 4.06. The molecule has 3 heteroatoms. The molecule has 1 rings (SSSR count). The first-order chi connectivity index (χ1) is 5.54. The zero-order valence-corrected chi connectivity index (χ0v) is 7.68. The lowest BCUT2D eigenvalue weighted by Crippen LogP contribution is -2.51. The van der Waals surface area contributed by atoms with Crippen molar-refractivity contribution in [2.75, 3.05) is 0 Å². The van der Waals surface area contributed by atoms with Crippen molar-refractivity contribution in [1.82, 2.24) is 0 Å². The molecule has 0 aromatic heterocycles. The van der Waals surface area contributed by atoms with Crippen molar-refractivity contribution < 1.29 is 4.79 Å². The topological polar surface area (TPSA) is 69.1 Å². The van der Waals surface area contributed by atoms with E-state index in [1.165, 1.54) is 6.42 Å². The van der Waals surface area contributed by atoms with Gasteiger partial charge >= 0.3 is 0 Å². The minimum atomic E-state index is -0.717. The minimum absolute atomic E-state index is 0.336. The van der Waals surface area contributed by atoms with Crippen LogP contribution in [0.3, 0.4) is 0 Å². The summed E-state index contributed by atoms with van der Waals surface area (Å²) < 4.78 is 0. The third kappa shape index (κ3) is 1.97. The lowest BCUT2D eigenvalue weighted by atomic mass is 9.90. The molecule has 0 aromatic carbocycles. The zero-order chi connectivity index (χ0) is 9.19. The van der Waals surface area contributed by atoms with Crippen molar-refractivity contribution in [3.63, 3.8) is 0 Å². The summed E-state index contributed by atoms with van der Waals surface area (Å²) in [6.07, 6.45) is 4.74. The predicted molar refractivity (Wildman–Crippen MR) is 48.4 cm³/mol. The number of carbonyl (C=O) groups excluding carboxylic acids is 1. The first-order valence-corrected chi connectivity index (χ1v) is 4.63. The lowest BCUT2D eigenvalue weighted by molar-refractivity contribution is -0.123. The summed E-state index contributed by atoms with van der Waals surface area (Å²) in [6.45, 7) is 2.20. The number of amides is 1. The first kappa shape index (κ1) is 9.52. The van der Waals surface area contributed by atoms with Crippen molar-refractivity contribution in [2.24, 2.45) is 17.4 Å². The van der Waals surface area contributed by atoms with Crippen LogP contribution in [0.1, 0.15) is 39.0 Å². The van der Waals surface area contributed by atoms with Gasteiger partial charge in [-0.25, -0.2) is 0 Å². The third-order valence-corrected chi connectivity index (χ3v) is 2.89. The van der Waals surface area contributed by atoms with Crippen LogP contribution in [0.4, 0.5) is 0 Å². The van der Waals surface area contributed by atoms with E-state index >= 15 is 0 Å². The Balaban J connectivity index is 2.61. The van der Waals surface area contributed by atoms with Crippen LogP contribution in [0.2, 0.25) is 0 Å².